The highest BCUT2D eigenvalue weighted by atomic mass is 16.1. The van der Waals surface area contributed by atoms with Gasteiger partial charge in [0, 0.05) is 5.92 Å². The highest BCUT2D eigenvalue weighted by molar-refractivity contribution is 5.79. The van der Waals surface area contributed by atoms with E-state index in [2.05, 4.69) is 13.8 Å². The van der Waals surface area contributed by atoms with Crippen LogP contribution in [0.2, 0.25) is 0 Å². The number of hydrogen-bond donors (Lipinski definition) is 1. The molecule has 0 spiro atoms. The van der Waals surface area contributed by atoms with Crippen molar-refractivity contribution in [2.75, 3.05) is 0 Å². The fourth-order valence-electron chi connectivity index (χ4n) is 1.46. The van der Waals surface area contributed by atoms with Gasteiger partial charge in [-0.15, -0.1) is 0 Å². The summed E-state index contributed by atoms with van der Waals surface area (Å²) in [5, 5.41) is 0. The molecule has 1 rings (SSSR count). The molecule has 1 saturated carbocycles. The summed E-state index contributed by atoms with van der Waals surface area (Å²) in [6, 6.07) is 0. The summed E-state index contributed by atoms with van der Waals surface area (Å²) in [6.07, 6.45) is 2.20. The van der Waals surface area contributed by atoms with Crippen molar-refractivity contribution < 1.29 is 4.79 Å². The number of carbonyl (C=O) groups excluding carboxylic acids is 1. The van der Waals surface area contributed by atoms with E-state index in [0.29, 0.717) is 11.8 Å². The van der Waals surface area contributed by atoms with Crippen LogP contribution >= 0.6 is 0 Å². The molecule has 0 unspecified atom stereocenters. The molecule has 2 atom stereocenters. The molecule has 0 aromatic rings. The molecule has 0 saturated heterocycles. The van der Waals surface area contributed by atoms with Gasteiger partial charge in [-0.3, -0.25) is 4.79 Å². The summed E-state index contributed by atoms with van der Waals surface area (Å²) in [4.78, 5) is 10.6. The van der Waals surface area contributed by atoms with E-state index in [1.165, 1.54) is 0 Å². The largest absolute Gasteiger partial charge is 0.369 e. The predicted octanol–water partition coefficient (Wildman–Crippen LogP) is 1.15. The molecule has 10 heavy (non-hydrogen) atoms. The Bertz CT molecular complexity index is 142. The molecular weight excluding hydrogens is 126 g/mol. The minimum Gasteiger partial charge on any atom is -0.369 e. The number of hydrogen-bond acceptors (Lipinski definition) is 1. The van der Waals surface area contributed by atoms with Crippen molar-refractivity contribution >= 4 is 5.91 Å². The topological polar surface area (TPSA) is 43.1 Å². The monoisotopic (exact) mass is 141 g/mol. The smallest absolute Gasteiger partial charge is 0.220 e. The fourth-order valence-corrected chi connectivity index (χ4v) is 1.46. The Morgan fingerprint density at radius 2 is 2.30 bits per heavy atom. The molecule has 1 aliphatic rings. The number of amides is 1. The lowest BCUT2D eigenvalue weighted by Gasteiger charge is -2.00. The molecule has 0 aromatic heterocycles. The third-order valence-electron chi connectivity index (χ3n) is 2.06. The van der Waals surface area contributed by atoms with Gasteiger partial charge in [0.2, 0.25) is 5.91 Å². The van der Waals surface area contributed by atoms with Crippen molar-refractivity contribution in [1.82, 2.24) is 0 Å². The summed E-state index contributed by atoms with van der Waals surface area (Å²) in [6.45, 7) is 4.35. The summed E-state index contributed by atoms with van der Waals surface area (Å²) in [7, 11) is 0. The van der Waals surface area contributed by atoms with Crippen molar-refractivity contribution in [2.45, 2.75) is 26.7 Å². The van der Waals surface area contributed by atoms with Gasteiger partial charge < -0.3 is 5.73 Å². The molecule has 2 N–H and O–H groups in total. The Morgan fingerprint density at radius 3 is 2.60 bits per heavy atom. The highest BCUT2D eigenvalue weighted by Gasteiger charge is 2.41. The van der Waals surface area contributed by atoms with Crippen LogP contribution < -0.4 is 5.73 Å². The van der Waals surface area contributed by atoms with Crippen LogP contribution in [0, 0.1) is 17.8 Å². The Balaban J connectivity index is 2.20. The molecule has 1 fully saturated rings. The molecule has 1 amide bonds. The summed E-state index contributed by atoms with van der Waals surface area (Å²) >= 11 is 0. The molecular formula is C8H15NO. The zero-order valence-electron chi connectivity index (χ0n) is 6.63. The van der Waals surface area contributed by atoms with Gasteiger partial charge in [0.15, 0.2) is 0 Å². The number of primary amides is 1. The van der Waals surface area contributed by atoms with Crippen LogP contribution in [0.4, 0.5) is 0 Å². The quantitative estimate of drug-likeness (QED) is 0.629. The Hall–Kier alpha value is -0.530. The molecule has 0 bridgehead atoms. The maximum absolute atomic E-state index is 10.6. The van der Waals surface area contributed by atoms with E-state index in [9.17, 15) is 4.79 Å². The van der Waals surface area contributed by atoms with Crippen molar-refractivity contribution in [3.05, 3.63) is 0 Å². The van der Waals surface area contributed by atoms with E-state index in [1.807, 2.05) is 0 Å². The van der Waals surface area contributed by atoms with Gasteiger partial charge in [0.05, 0.1) is 0 Å². The van der Waals surface area contributed by atoms with Crippen LogP contribution in [0.3, 0.4) is 0 Å². The molecule has 1 aliphatic carbocycles. The van der Waals surface area contributed by atoms with E-state index >= 15 is 0 Å². The molecule has 2 nitrogen and oxygen atoms in total. The molecule has 0 aliphatic heterocycles. The lowest BCUT2D eigenvalue weighted by Crippen LogP contribution is -2.14. The van der Waals surface area contributed by atoms with Crippen LogP contribution in [0.1, 0.15) is 26.7 Å². The maximum Gasteiger partial charge on any atom is 0.220 e. The third kappa shape index (κ3) is 1.72. The van der Waals surface area contributed by atoms with Crippen molar-refractivity contribution in [1.29, 1.82) is 0 Å². The molecule has 2 heteroatoms. The minimum absolute atomic E-state index is 0.106. The van der Waals surface area contributed by atoms with E-state index < -0.39 is 0 Å². The first-order chi connectivity index (χ1) is 4.61. The van der Waals surface area contributed by atoms with Gasteiger partial charge in [-0.2, -0.15) is 0 Å². The van der Waals surface area contributed by atoms with Crippen LogP contribution in [0.5, 0.6) is 0 Å². The van der Waals surface area contributed by atoms with E-state index in [-0.39, 0.29) is 11.8 Å². The minimum atomic E-state index is -0.106. The predicted molar refractivity (Wildman–Crippen MR) is 40.2 cm³/mol. The van der Waals surface area contributed by atoms with Gasteiger partial charge in [-0.25, -0.2) is 0 Å². The van der Waals surface area contributed by atoms with Gasteiger partial charge >= 0.3 is 0 Å². The first kappa shape index (κ1) is 7.58. The first-order valence-electron chi connectivity index (χ1n) is 3.90. The number of nitrogens with two attached hydrogens (primary N) is 1. The lowest BCUT2D eigenvalue weighted by atomic mass is 10.1. The van der Waals surface area contributed by atoms with Crippen LogP contribution in [-0.2, 0) is 4.79 Å². The van der Waals surface area contributed by atoms with Gasteiger partial charge in [-0.05, 0) is 24.7 Å². The highest BCUT2D eigenvalue weighted by Crippen LogP contribution is 2.42. The summed E-state index contributed by atoms with van der Waals surface area (Å²) < 4.78 is 0. The third-order valence-corrected chi connectivity index (χ3v) is 2.06. The zero-order chi connectivity index (χ0) is 7.72. The Labute approximate surface area is 61.8 Å². The second-order valence-electron chi connectivity index (χ2n) is 3.63. The number of carbonyl (C=O) groups is 1. The second-order valence-corrected chi connectivity index (χ2v) is 3.63. The number of rotatable bonds is 3. The molecule has 58 valence electrons. The lowest BCUT2D eigenvalue weighted by molar-refractivity contribution is -0.119. The summed E-state index contributed by atoms with van der Waals surface area (Å²) in [5.41, 5.74) is 5.12. The van der Waals surface area contributed by atoms with Crippen LogP contribution in [0.15, 0.2) is 0 Å². The van der Waals surface area contributed by atoms with Crippen LogP contribution in [-0.4, -0.2) is 5.91 Å². The maximum atomic E-state index is 10.6. The molecule has 0 radical (unpaired) electrons. The van der Waals surface area contributed by atoms with E-state index in [0.717, 1.165) is 12.8 Å². The van der Waals surface area contributed by atoms with Gasteiger partial charge in [0.25, 0.3) is 0 Å². The van der Waals surface area contributed by atoms with Crippen molar-refractivity contribution in [2.24, 2.45) is 23.5 Å². The van der Waals surface area contributed by atoms with Crippen molar-refractivity contribution in [3.8, 4) is 0 Å². The van der Waals surface area contributed by atoms with Crippen molar-refractivity contribution in [3.63, 3.8) is 0 Å². The molecule has 0 heterocycles. The average molecular weight is 141 g/mol. The second kappa shape index (κ2) is 2.60. The first-order valence-corrected chi connectivity index (χ1v) is 3.90. The summed E-state index contributed by atoms with van der Waals surface area (Å²) in [5.74, 6) is 1.42. The Morgan fingerprint density at radius 1 is 1.70 bits per heavy atom. The van der Waals surface area contributed by atoms with E-state index in [4.69, 9.17) is 5.73 Å². The Kier molecular flexibility index (Phi) is 1.97. The zero-order valence-corrected chi connectivity index (χ0v) is 6.63. The SMILES string of the molecule is CC(C)C[C@@H]1C[C@H]1C(N)=O. The average Bonchev–Trinajstić information content (AvgIpc) is 2.43. The standard InChI is InChI=1S/C8H15NO/c1-5(2)3-6-4-7(6)8(9)10/h5-7H,3-4H2,1-2H3,(H2,9,10)/t6-,7-/m1/s1. The van der Waals surface area contributed by atoms with E-state index in [1.54, 1.807) is 0 Å². The normalized spacial score (nSPS) is 30.7. The van der Waals surface area contributed by atoms with Gasteiger partial charge in [0.1, 0.15) is 0 Å². The molecule has 0 aromatic carbocycles. The van der Waals surface area contributed by atoms with Crippen LogP contribution in [0.25, 0.3) is 0 Å². The van der Waals surface area contributed by atoms with Gasteiger partial charge in [-0.1, -0.05) is 13.8 Å². The fraction of sp³-hybridized carbons (Fsp3) is 0.875.